The van der Waals surface area contributed by atoms with Gasteiger partial charge in [-0.15, -0.1) is 10.2 Å². The second-order valence-corrected chi connectivity index (χ2v) is 6.21. The molecule has 2 amide bonds. The van der Waals surface area contributed by atoms with Crippen molar-refractivity contribution in [1.29, 1.82) is 0 Å². The lowest BCUT2D eigenvalue weighted by Gasteiger charge is -2.14. The number of rotatable bonds is 4. The maximum Gasteiger partial charge on any atom is 0.323 e. The Kier molecular flexibility index (Phi) is 4.53. The molecule has 7 heteroatoms. The number of urea groups is 1. The predicted octanol–water partition coefficient (Wildman–Crippen LogP) is 2.77. The van der Waals surface area contributed by atoms with E-state index in [2.05, 4.69) is 15.5 Å². The molecule has 1 N–H and O–H groups in total. The number of amides is 2. The Labute approximate surface area is 133 Å². The van der Waals surface area contributed by atoms with Crippen LogP contribution in [-0.2, 0) is 6.42 Å². The zero-order chi connectivity index (χ0) is 15.4. The Hall–Kier alpha value is -2.15. The molecule has 116 valence electrons. The number of hydrogen-bond acceptors (Lipinski definition) is 5. The van der Waals surface area contributed by atoms with Crippen LogP contribution in [0.4, 0.5) is 9.93 Å². The molecule has 22 heavy (non-hydrogen) atoms. The smallest absolute Gasteiger partial charge is 0.323 e. The molecule has 2 aromatic rings. The highest BCUT2D eigenvalue weighted by Crippen LogP contribution is 2.21. The van der Waals surface area contributed by atoms with Crippen LogP contribution in [0.15, 0.2) is 24.3 Å². The summed E-state index contributed by atoms with van der Waals surface area (Å²) >= 11 is 1.41. The number of benzene rings is 1. The van der Waals surface area contributed by atoms with E-state index in [1.54, 1.807) is 7.11 Å². The third kappa shape index (κ3) is 3.54. The molecule has 1 aromatic heterocycles. The van der Waals surface area contributed by atoms with Crippen molar-refractivity contribution in [3.63, 3.8) is 0 Å². The van der Waals surface area contributed by atoms with E-state index >= 15 is 0 Å². The Morgan fingerprint density at radius 3 is 2.68 bits per heavy atom. The Morgan fingerprint density at radius 2 is 2.00 bits per heavy atom. The van der Waals surface area contributed by atoms with Gasteiger partial charge in [0, 0.05) is 19.5 Å². The third-order valence-corrected chi connectivity index (χ3v) is 4.43. The average Bonchev–Trinajstić information content (AvgIpc) is 3.20. The summed E-state index contributed by atoms with van der Waals surface area (Å²) < 4.78 is 5.14. The number of ether oxygens (including phenoxy) is 1. The van der Waals surface area contributed by atoms with Crippen LogP contribution in [0.5, 0.6) is 5.75 Å². The SMILES string of the molecule is COc1ccc(Cc2nnc(NC(=O)N3CCCC3)s2)cc1. The molecule has 6 nitrogen and oxygen atoms in total. The summed E-state index contributed by atoms with van der Waals surface area (Å²) in [6, 6.07) is 7.77. The van der Waals surface area contributed by atoms with Gasteiger partial charge < -0.3 is 9.64 Å². The summed E-state index contributed by atoms with van der Waals surface area (Å²) in [5, 5.41) is 12.4. The van der Waals surface area contributed by atoms with Gasteiger partial charge in [0.05, 0.1) is 7.11 Å². The molecule has 0 radical (unpaired) electrons. The van der Waals surface area contributed by atoms with Crippen LogP contribution in [-0.4, -0.2) is 41.3 Å². The quantitative estimate of drug-likeness (QED) is 0.941. The van der Waals surface area contributed by atoms with Gasteiger partial charge in [0.25, 0.3) is 0 Å². The average molecular weight is 318 g/mol. The molecule has 1 aromatic carbocycles. The monoisotopic (exact) mass is 318 g/mol. The third-order valence-electron chi connectivity index (χ3n) is 3.59. The van der Waals surface area contributed by atoms with Crippen LogP contribution < -0.4 is 10.1 Å². The summed E-state index contributed by atoms with van der Waals surface area (Å²) in [6.45, 7) is 1.65. The largest absolute Gasteiger partial charge is 0.497 e. The first-order chi connectivity index (χ1) is 10.7. The maximum absolute atomic E-state index is 12.0. The molecule has 3 rings (SSSR count). The van der Waals surface area contributed by atoms with Crippen molar-refractivity contribution in [1.82, 2.24) is 15.1 Å². The highest BCUT2D eigenvalue weighted by molar-refractivity contribution is 7.15. The molecule has 0 atom stereocenters. The summed E-state index contributed by atoms with van der Waals surface area (Å²) in [5.41, 5.74) is 1.13. The number of nitrogens with one attached hydrogen (secondary N) is 1. The lowest BCUT2D eigenvalue weighted by molar-refractivity contribution is 0.222. The zero-order valence-corrected chi connectivity index (χ0v) is 13.2. The second-order valence-electron chi connectivity index (χ2n) is 5.15. The Bertz CT molecular complexity index is 635. The van der Waals surface area contributed by atoms with E-state index in [1.165, 1.54) is 11.3 Å². The van der Waals surface area contributed by atoms with Crippen molar-refractivity contribution in [2.24, 2.45) is 0 Å². The standard InChI is InChI=1S/C15H18N4O2S/c1-21-12-6-4-11(5-7-12)10-13-17-18-14(22-13)16-15(20)19-8-2-3-9-19/h4-7H,2-3,8-10H2,1H3,(H,16,18,20). The van der Waals surface area contributed by atoms with Crippen LogP contribution >= 0.6 is 11.3 Å². The molecule has 1 fully saturated rings. The molecule has 0 saturated carbocycles. The van der Waals surface area contributed by atoms with Gasteiger partial charge in [-0.3, -0.25) is 5.32 Å². The molecule has 0 unspecified atom stereocenters. The first-order valence-electron chi connectivity index (χ1n) is 7.26. The van der Waals surface area contributed by atoms with Crippen LogP contribution in [0, 0.1) is 0 Å². The van der Waals surface area contributed by atoms with Crippen LogP contribution in [0.3, 0.4) is 0 Å². The molecule has 1 aliphatic heterocycles. The molecular weight excluding hydrogens is 300 g/mol. The molecule has 2 heterocycles. The van der Waals surface area contributed by atoms with E-state index < -0.39 is 0 Å². The highest BCUT2D eigenvalue weighted by atomic mass is 32.1. The summed E-state index contributed by atoms with van der Waals surface area (Å²) in [7, 11) is 1.65. The number of anilines is 1. The molecule has 0 spiro atoms. The van der Waals surface area contributed by atoms with Gasteiger partial charge in [-0.05, 0) is 30.5 Å². The maximum atomic E-state index is 12.0. The van der Waals surface area contributed by atoms with Gasteiger partial charge in [-0.2, -0.15) is 0 Å². The van der Waals surface area contributed by atoms with E-state index in [9.17, 15) is 4.79 Å². The fourth-order valence-electron chi connectivity index (χ4n) is 2.38. The van der Waals surface area contributed by atoms with E-state index in [0.717, 1.165) is 42.3 Å². The van der Waals surface area contributed by atoms with Crippen molar-refractivity contribution in [2.75, 3.05) is 25.5 Å². The van der Waals surface area contributed by atoms with Gasteiger partial charge in [0.2, 0.25) is 5.13 Å². The minimum Gasteiger partial charge on any atom is -0.497 e. The predicted molar refractivity (Wildman–Crippen MR) is 85.5 cm³/mol. The second kappa shape index (κ2) is 6.74. The molecule has 0 bridgehead atoms. The topological polar surface area (TPSA) is 67.4 Å². The first-order valence-corrected chi connectivity index (χ1v) is 8.07. The fourth-order valence-corrected chi connectivity index (χ4v) is 3.15. The van der Waals surface area contributed by atoms with Crippen molar-refractivity contribution in [3.8, 4) is 5.75 Å². The zero-order valence-electron chi connectivity index (χ0n) is 12.4. The van der Waals surface area contributed by atoms with Crippen molar-refractivity contribution >= 4 is 22.5 Å². The van der Waals surface area contributed by atoms with Crippen LogP contribution in [0.2, 0.25) is 0 Å². The van der Waals surface area contributed by atoms with E-state index in [0.29, 0.717) is 11.6 Å². The number of carbonyl (C=O) groups excluding carboxylic acids is 1. The normalized spacial score (nSPS) is 14.1. The lowest BCUT2D eigenvalue weighted by atomic mass is 10.1. The number of methoxy groups -OCH3 is 1. The Morgan fingerprint density at radius 1 is 1.27 bits per heavy atom. The van der Waals surface area contributed by atoms with E-state index in [-0.39, 0.29) is 6.03 Å². The summed E-state index contributed by atoms with van der Waals surface area (Å²) in [6.07, 6.45) is 2.85. The minimum absolute atomic E-state index is 0.0790. The number of likely N-dealkylation sites (tertiary alicyclic amines) is 1. The number of aromatic nitrogens is 2. The summed E-state index contributed by atoms with van der Waals surface area (Å²) in [4.78, 5) is 13.8. The molecule has 0 aliphatic carbocycles. The van der Waals surface area contributed by atoms with E-state index in [4.69, 9.17) is 4.74 Å². The van der Waals surface area contributed by atoms with Crippen molar-refractivity contribution in [2.45, 2.75) is 19.3 Å². The lowest BCUT2D eigenvalue weighted by Crippen LogP contribution is -2.32. The molecule has 1 aliphatic rings. The van der Waals surface area contributed by atoms with Crippen LogP contribution in [0.25, 0.3) is 0 Å². The van der Waals surface area contributed by atoms with E-state index in [1.807, 2.05) is 29.2 Å². The first kappa shape index (κ1) is 14.8. The number of hydrogen-bond donors (Lipinski definition) is 1. The Balaban J connectivity index is 1.59. The van der Waals surface area contributed by atoms with Gasteiger partial charge in [0.15, 0.2) is 0 Å². The van der Waals surface area contributed by atoms with Crippen molar-refractivity contribution < 1.29 is 9.53 Å². The summed E-state index contributed by atoms with van der Waals surface area (Å²) in [5.74, 6) is 0.833. The van der Waals surface area contributed by atoms with Gasteiger partial charge >= 0.3 is 6.03 Å². The molecular formula is C15H18N4O2S. The fraction of sp³-hybridized carbons (Fsp3) is 0.400. The van der Waals surface area contributed by atoms with Gasteiger partial charge in [-0.1, -0.05) is 23.5 Å². The number of carbonyl (C=O) groups is 1. The minimum atomic E-state index is -0.0790. The van der Waals surface area contributed by atoms with Gasteiger partial charge in [0.1, 0.15) is 10.8 Å². The highest BCUT2D eigenvalue weighted by Gasteiger charge is 2.19. The number of nitrogens with zero attached hydrogens (tertiary/aromatic N) is 3. The van der Waals surface area contributed by atoms with Crippen LogP contribution in [0.1, 0.15) is 23.4 Å². The van der Waals surface area contributed by atoms with Crippen molar-refractivity contribution in [3.05, 3.63) is 34.8 Å². The molecule has 1 saturated heterocycles. The van der Waals surface area contributed by atoms with Gasteiger partial charge in [-0.25, -0.2) is 4.79 Å².